The fourth-order valence-corrected chi connectivity index (χ4v) is 0.611. The molecule has 3 nitrogen and oxygen atoms in total. The van der Waals surface area contributed by atoms with Gasteiger partial charge >= 0.3 is 0 Å². The molecule has 0 aliphatic carbocycles. The fourth-order valence-electron chi connectivity index (χ4n) is 0.611. The minimum absolute atomic E-state index is 0. The first-order valence-corrected chi connectivity index (χ1v) is 2.92. The molecule has 1 heterocycles. The predicted molar refractivity (Wildman–Crippen MR) is 44.1 cm³/mol. The zero-order chi connectivity index (χ0) is 7.40. The van der Waals surface area contributed by atoms with Crippen molar-refractivity contribution in [1.29, 1.82) is 5.26 Å². The second kappa shape index (κ2) is 4.67. The van der Waals surface area contributed by atoms with Crippen LogP contribution in [0.4, 0.5) is 0 Å². The molecule has 0 spiro atoms. The Balaban J connectivity index is 0.000001000. The van der Waals surface area contributed by atoms with Crippen LogP contribution in [0.25, 0.3) is 0 Å². The van der Waals surface area contributed by atoms with E-state index < -0.39 is 0 Å². The highest BCUT2D eigenvalue weighted by Crippen LogP contribution is 1.96. The van der Waals surface area contributed by atoms with Gasteiger partial charge in [0.1, 0.15) is 6.07 Å². The lowest BCUT2D eigenvalue weighted by Gasteiger charge is -1.92. The van der Waals surface area contributed by atoms with E-state index in [1.807, 2.05) is 6.07 Å². The highest BCUT2D eigenvalue weighted by Gasteiger charge is 1.90. The van der Waals surface area contributed by atoms with Gasteiger partial charge in [-0.2, -0.15) is 5.26 Å². The maximum atomic E-state index is 8.38. The Hall–Kier alpha value is -1.11. The van der Waals surface area contributed by atoms with Crippen molar-refractivity contribution >= 4 is 12.4 Å². The Morgan fingerprint density at radius 2 is 2.27 bits per heavy atom. The van der Waals surface area contributed by atoms with Crippen LogP contribution in [0.1, 0.15) is 11.3 Å². The number of nitrogens with zero attached hydrogens (tertiary/aromatic N) is 2. The van der Waals surface area contributed by atoms with Crippen LogP contribution in [0.2, 0.25) is 0 Å². The van der Waals surface area contributed by atoms with E-state index in [9.17, 15) is 0 Å². The molecule has 1 aromatic rings. The average molecular weight is 170 g/mol. The van der Waals surface area contributed by atoms with Crippen molar-refractivity contribution in [3.8, 4) is 6.07 Å². The molecule has 1 aromatic heterocycles. The van der Waals surface area contributed by atoms with E-state index in [1.54, 1.807) is 12.1 Å². The third-order valence-electron chi connectivity index (χ3n) is 1.16. The van der Waals surface area contributed by atoms with Gasteiger partial charge in [0.05, 0.1) is 11.3 Å². The quantitative estimate of drug-likeness (QED) is 0.678. The zero-order valence-corrected chi connectivity index (χ0v) is 6.64. The number of nitrogens with two attached hydrogens (primary N) is 1. The number of nitriles is 1. The summed E-state index contributed by atoms with van der Waals surface area (Å²) in [6.45, 7) is 0.422. The van der Waals surface area contributed by atoms with Crippen LogP contribution in [0.3, 0.4) is 0 Å². The van der Waals surface area contributed by atoms with E-state index in [0.717, 1.165) is 5.69 Å². The summed E-state index contributed by atoms with van der Waals surface area (Å²) in [5.74, 6) is 0. The fraction of sp³-hybridized carbons (Fsp3) is 0.143. The van der Waals surface area contributed by atoms with E-state index in [2.05, 4.69) is 4.98 Å². The first-order chi connectivity index (χ1) is 4.86. The standard InChI is InChI=1S/C7H7N3.ClH/c8-3-6-1-2-7(4-9)10-5-6;/h1-2,5H,4,9H2;1H. The van der Waals surface area contributed by atoms with Crippen LogP contribution in [0.15, 0.2) is 18.3 Å². The smallest absolute Gasteiger partial charge is 0.101 e. The lowest BCUT2D eigenvalue weighted by molar-refractivity contribution is 0.988. The molecule has 0 atom stereocenters. The Morgan fingerprint density at radius 3 is 2.64 bits per heavy atom. The number of halogens is 1. The average Bonchev–Trinajstić information content (AvgIpc) is 2.05. The topological polar surface area (TPSA) is 62.7 Å². The van der Waals surface area contributed by atoms with Gasteiger partial charge in [-0.3, -0.25) is 4.98 Å². The molecule has 2 N–H and O–H groups in total. The molecule has 0 aliphatic heterocycles. The molecule has 11 heavy (non-hydrogen) atoms. The van der Waals surface area contributed by atoms with Gasteiger partial charge in [0.2, 0.25) is 0 Å². The Bertz CT molecular complexity index is 249. The monoisotopic (exact) mass is 169 g/mol. The molecule has 0 aromatic carbocycles. The maximum absolute atomic E-state index is 8.38. The van der Waals surface area contributed by atoms with E-state index in [4.69, 9.17) is 11.0 Å². The molecular formula is C7H8ClN3. The summed E-state index contributed by atoms with van der Waals surface area (Å²) in [5.41, 5.74) is 6.67. The van der Waals surface area contributed by atoms with Crippen molar-refractivity contribution in [1.82, 2.24) is 4.98 Å². The summed E-state index contributed by atoms with van der Waals surface area (Å²) in [4.78, 5) is 3.92. The van der Waals surface area contributed by atoms with Crippen LogP contribution >= 0.6 is 12.4 Å². The van der Waals surface area contributed by atoms with Crippen LogP contribution < -0.4 is 5.73 Å². The summed E-state index contributed by atoms with van der Waals surface area (Å²) in [6.07, 6.45) is 1.52. The number of pyridine rings is 1. The highest BCUT2D eigenvalue weighted by molar-refractivity contribution is 5.85. The van der Waals surface area contributed by atoms with E-state index in [0.29, 0.717) is 12.1 Å². The van der Waals surface area contributed by atoms with Gasteiger partial charge in [-0.25, -0.2) is 0 Å². The Labute approximate surface area is 71.3 Å². The summed E-state index contributed by atoms with van der Waals surface area (Å²) in [7, 11) is 0. The number of hydrogen-bond acceptors (Lipinski definition) is 3. The minimum Gasteiger partial charge on any atom is -0.325 e. The van der Waals surface area contributed by atoms with Gasteiger partial charge in [-0.15, -0.1) is 12.4 Å². The van der Waals surface area contributed by atoms with Crippen molar-refractivity contribution in [3.63, 3.8) is 0 Å². The summed E-state index contributed by atoms with van der Waals surface area (Å²) < 4.78 is 0. The maximum Gasteiger partial charge on any atom is 0.101 e. The van der Waals surface area contributed by atoms with Gasteiger partial charge in [0.15, 0.2) is 0 Å². The van der Waals surface area contributed by atoms with E-state index >= 15 is 0 Å². The van der Waals surface area contributed by atoms with Gasteiger partial charge in [0.25, 0.3) is 0 Å². The zero-order valence-electron chi connectivity index (χ0n) is 5.82. The third-order valence-corrected chi connectivity index (χ3v) is 1.16. The number of aromatic nitrogens is 1. The van der Waals surface area contributed by atoms with Crippen LogP contribution in [-0.2, 0) is 6.54 Å². The van der Waals surface area contributed by atoms with Crippen molar-refractivity contribution in [2.24, 2.45) is 5.73 Å². The lowest BCUT2D eigenvalue weighted by atomic mass is 10.3. The summed E-state index contributed by atoms with van der Waals surface area (Å²) in [5, 5.41) is 8.38. The van der Waals surface area contributed by atoms with Gasteiger partial charge < -0.3 is 5.73 Å². The second-order valence-electron chi connectivity index (χ2n) is 1.85. The van der Waals surface area contributed by atoms with Crippen molar-refractivity contribution in [2.45, 2.75) is 6.54 Å². The molecule has 0 unspecified atom stereocenters. The van der Waals surface area contributed by atoms with Gasteiger partial charge in [0, 0.05) is 12.7 Å². The molecular weight excluding hydrogens is 162 g/mol. The van der Waals surface area contributed by atoms with Crippen molar-refractivity contribution < 1.29 is 0 Å². The minimum atomic E-state index is 0. The van der Waals surface area contributed by atoms with E-state index in [-0.39, 0.29) is 12.4 Å². The van der Waals surface area contributed by atoms with Gasteiger partial charge in [-0.05, 0) is 12.1 Å². The Morgan fingerprint density at radius 1 is 1.55 bits per heavy atom. The molecule has 0 aliphatic rings. The molecule has 0 bridgehead atoms. The molecule has 0 radical (unpaired) electrons. The number of rotatable bonds is 1. The van der Waals surface area contributed by atoms with Crippen molar-refractivity contribution in [2.75, 3.05) is 0 Å². The molecule has 0 saturated carbocycles. The Kier molecular flexibility index (Phi) is 4.20. The van der Waals surface area contributed by atoms with Crippen LogP contribution in [0, 0.1) is 11.3 Å². The number of hydrogen-bond donors (Lipinski definition) is 1. The summed E-state index contributed by atoms with van der Waals surface area (Å²) in [6, 6.07) is 5.43. The molecule has 4 heteroatoms. The van der Waals surface area contributed by atoms with E-state index in [1.165, 1.54) is 6.20 Å². The van der Waals surface area contributed by atoms with Gasteiger partial charge in [-0.1, -0.05) is 0 Å². The molecule has 0 fully saturated rings. The molecule has 0 amide bonds. The normalized spacial score (nSPS) is 8.00. The third kappa shape index (κ3) is 2.54. The van der Waals surface area contributed by atoms with Crippen molar-refractivity contribution in [3.05, 3.63) is 29.6 Å². The molecule has 0 saturated heterocycles. The lowest BCUT2D eigenvalue weighted by Crippen LogP contribution is -1.98. The first kappa shape index (κ1) is 9.89. The largest absolute Gasteiger partial charge is 0.325 e. The highest BCUT2D eigenvalue weighted by atomic mass is 35.5. The first-order valence-electron chi connectivity index (χ1n) is 2.92. The summed E-state index contributed by atoms with van der Waals surface area (Å²) >= 11 is 0. The van der Waals surface area contributed by atoms with Crippen LogP contribution in [-0.4, -0.2) is 4.98 Å². The SMILES string of the molecule is Cl.N#Cc1ccc(CN)nc1. The molecule has 58 valence electrons. The van der Waals surface area contributed by atoms with Crippen LogP contribution in [0.5, 0.6) is 0 Å². The second-order valence-corrected chi connectivity index (χ2v) is 1.85. The predicted octanol–water partition coefficient (Wildman–Crippen LogP) is 0.834. The molecule has 1 rings (SSSR count).